The van der Waals surface area contributed by atoms with Crippen LogP contribution in [0.2, 0.25) is 0 Å². The van der Waals surface area contributed by atoms with E-state index in [0.29, 0.717) is 10.0 Å². The largest absolute Gasteiger partial charge is 0.435 e. The predicted octanol–water partition coefficient (Wildman–Crippen LogP) is 2.95. The van der Waals surface area contributed by atoms with Gasteiger partial charge in [0, 0.05) is 15.8 Å². The third kappa shape index (κ3) is 3.80. The first-order chi connectivity index (χ1) is 12.0. The van der Waals surface area contributed by atoms with Crippen molar-refractivity contribution >= 4 is 33.3 Å². The van der Waals surface area contributed by atoms with E-state index in [-0.39, 0.29) is 27.9 Å². The van der Waals surface area contributed by atoms with Gasteiger partial charge in [0.2, 0.25) is 0 Å². The van der Waals surface area contributed by atoms with Crippen molar-refractivity contribution in [3.05, 3.63) is 50.5 Å². The Bertz CT molecular complexity index is 1030. The lowest BCUT2D eigenvalue weighted by Gasteiger charge is -2.10. The Morgan fingerprint density at radius 1 is 1.48 bits per heavy atom. The van der Waals surface area contributed by atoms with E-state index < -0.39 is 12.3 Å². The van der Waals surface area contributed by atoms with E-state index in [9.17, 15) is 13.6 Å². The molecule has 0 aliphatic carbocycles. The molecule has 0 amide bonds. The van der Waals surface area contributed by atoms with Crippen molar-refractivity contribution < 1.29 is 13.5 Å². The molecule has 2 aromatic heterocycles. The molecule has 0 aliphatic heterocycles. The van der Waals surface area contributed by atoms with Gasteiger partial charge in [-0.25, -0.2) is 9.78 Å². The quantitative estimate of drug-likeness (QED) is 0.628. The number of alkyl halides is 2. The first kappa shape index (κ1) is 17.4. The van der Waals surface area contributed by atoms with Crippen LogP contribution in [0.4, 0.5) is 8.78 Å². The average molecular weight is 428 g/mol. The molecule has 11 heteroatoms. The predicted molar refractivity (Wildman–Crippen MR) is 88.7 cm³/mol. The minimum atomic E-state index is -2.94. The van der Waals surface area contributed by atoms with Crippen LogP contribution >= 0.6 is 27.7 Å². The first-order valence-corrected chi connectivity index (χ1v) is 8.50. The van der Waals surface area contributed by atoms with E-state index in [4.69, 9.17) is 5.26 Å². The maximum atomic E-state index is 12.5. The molecule has 3 aromatic rings. The zero-order valence-corrected chi connectivity index (χ0v) is 14.6. The van der Waals surface area contributed by atoms with Gasteiger partial charge in [-0.15, -0.1) is 0 Å². The molecular weight excluding hydrogens is 420 g/mol. The number of nitriles is 1. The van der Waals surface area contributed by atoms with Gasteiger partial charge >= 0.3 is 12.3 Å². The maximum Gasteiger partial charge on any atom is 0.387 e. The van der Waals surface area contributed by atoms with Crippen LogP contribution in [0.5, 0.6) is 5.75 Å². The fourth-order valence-electron chi connectivity index (χ4n) is 2.03. The van der Waals surface area contributed by atoms with Crippen molar-refractivity contribution in [3.63, 3.8) is 0 Å². The molecule has 7 nitrogen and oxygen atoms in total. The van der Waals surface area contributed by atoms with Crippen LogP contribution in [-0.2, 0) is 5.75 Å². The summed E-state index contributed by atoms with van der Waals surface area (Å²) in [5.74, 6) is 0.257. The van der Waals surface area contributed by atoms with E-state index in [2.05, 4.69) is 35.7 Å². The number of rotatable bonds is 5. The molecule has 3 rings (SSSR count). The van der Waals surface area contributed by atoms with Crippen molar-refractivity contribution in [2.24, 2.45) is 0 Å². The Kier molecular flexibility index (Phi) is 5.00. The summed E-state index contributed by atoms with van der Waals surface area (Å²) < 4.78 is 31.2. The van der Waals surface area contributed by atoms with Gasteiger partial charge in [-0.3, -0.25) is 4.98 Å². The molecule has 0 bridgehead atoms. The zero-order chi connectivity index (χ0) is 18.0. The fourth-order valence-corrected chi connectivity index (χ4v) is 3.27. The lowest BCUT2D eigenvalue weighted by Crippen LogP contribution is -2.19. The van der Waals surface area contributed by atoms with Crippen LogP contribution in [0, 0.1) is 11.3 Å². The average Bonchev–Trinajstić information content (AvgIpc) is 2.98. The van der Waals surface area contributed by atoms with Crippen molar-refractivity contribution in [1.29, 1.82) is 5.26 Å². The van der Waals surface area contributed by atoms with Gasteiger partial charge in [0.1, 0.15) is 17.4 Å². The second-order valence-corrected chi connectivity index (χ2v) is 6.55. The molecule has 0 fully saturated rings. The number of aromatic amines is 1. The van der Waals surface area contributed by atoms with E-state index in [0.717, 1.165) is 16.3 Å². The van der Waals surface area contributed by atoms with E-state index >= 15 is 0 Å². The highest BCUT2D eigenvalue weighted by molar-refractivity contribution is 9.10. The summed E-state index contributed by atoms with van der Waals surface area (Å²) in [5, 5.41) is 13.0. The minimum Gasteiger partial charge on any atom is -0.435 e. The summed E-state index contributed by atoms with van der Waals surface area (Å²) in [6, 6.07) is 6.55. The number of ether oxygens (including phenoxy) is 1. The number of thioether (sulfide) groups is 1. The second-order valence-electron chi connectivity index (χ2n) is 4.67. The van der Waals surface area contributed by atoms with Crippen LogP contribution in [0.1, 0.15) is 11.1 Å². The summed E-state index contributed by atoms with van der Waals surface area (Å²) in [6.45, 7) is -2.94. The molecule has 0 saturated carbocycles. The van der Waals surface area contributed by atoms with Crippen molar-refractivity contribution in [2.75, 3.05) is 0 Å². The lowest BCUT2D eigenvalue weighted by molar-refractivity contribution is -0.0503. The number of nitrogens with one attached hydrogen (secondary N) is 1. The molecule has 0 unspecified atom stereocenters. The Hall–Kier alpha value is -2.45. The Morgan fingerprint density at radius 3 is 3.00 bits per heavy atom. The van der Waals surface area contributed by atoms with E-state index in [1.54, 1.807) is 12.1 Å². The highest BCUT2D eigenvalue weighted by Crippen LogP contribution is 2.30. The molecule has 1 N–H and O–H groups in total. The maximum absolute atomic E-state index is 12.5. The summed E-state index contributed by atoms with van der Waals surface area (Å²) in [4.78, 5) is 18.7. The van der Waals surface area contributed by atoms with Gasteiger partial charge < -0.3 is 4.74 Å². The highest BCUT2D eigenvalue weighted by Gasteiger charge is 2.13. The summed E-state index contributed by atoms with van der Waals surface area (Å²) in [6.07, 6.45) is 1.24. The lowest BCUT2D eigenvalue weighted by atomic mass is 10.2. The Labute approximate surface area is 151 Å². The standard InChI is InChI=1S/C14H8BrF2N5O2S/c15-9-1-2-10(24-12(16)17)7(3-9)6-25-13-20-11-8(4-18)5-19-22(11)14(23)21-13/h1-3,5,12H,6H2,(H,20,21,23). The third-order valence-corrected chi connectivity index (χ3v) is 4.50. The fraction of sp³-hybridized carbons (Fsp3) is 0.143. The van der Waals surface area contributed by atoms with Crippen LogP contribution in [-0.4, -0.2) is 26.2 Å². The van der Waals surface area contributed by atoms with Crippen molar-refractivity contribution in [1.82, 2.24) is 19.6 Å². The van der Waals surface area contributed by atoms with Crippen molar-refractivity contribution in [2.45, 2.75) is 17.5 Å². The smallest absolute Gasteiger partial charge is 0.387 e. The van der Waals surface area contributed by atoms with Gasteiger partial charge in [0.05, 0.1) is 6.20 Å². The third-order valence-electron chi connectivity index (χ3n) is 3.08. The van der Waals surface area contributed by atoms with Crippen LogP contribution in [0.3, 0.4) is 0 Å². The molecule has 0 atom stereocenters. The molecular formula is C14H8BrF2N5O2S. The molecule has 128 valence electrons. The van der Waals surface area contributed by atoms with Gasteiger partial charge in [-0.2, -0.15) is 23.7 Å². The molecule has 2 heterocycles. The van der Waals surface area contributed by atoms with E-state index in [1.807, 2.05) is 6.07 Å². The minimum absolute atomic E-state index is 0.0381. The monoisotopic (exact) mass is 427 g/mol. The molecule has 0 aliphatic rings. The van der Waals surface area contributed by atoms with Crippen LogP contribution in [0.25, 0.3) is 5.65 Å². The molecule has 0 radical (unpaired) electrons. The van der Waals surface area contributed by atoms with E-state index in [1.165, 1.54) is 12.3 Å². The number of H-pyrrole nitrogens is 1. The normalized spacial score (nSPS) is 11.0. The van der Waals surface area contributed by atoms with Gasteiger partial charge in [0.15, 0.2) is 10.8 Å². The van der Waals surface area contributed by atoms with Crippen LogP contribution < -0.4 is 10.4 Å². The van der Waals surface area contributed by atoms with Gasteiger partial charge in [0.25, 0.3) is 0 Å². The SMILES string of the molecule is N#Cc1cnn2c(=O)[nH]c(SCc3cc(Br)ccc3OC(F)F)nc12. The number of hydrogen-bond donors (Lipinski definition) is 1. The Morgan fingerprint density at radius 2 is 2.28 bits per heavy atom. The number of halogens is 3. The molecule has 25 heavy (non-hydrogen) atoms. The summed E-state index contributed by atoms with van der Waals surface area (Å²) in [7, 11) is 0. The number of nitrogens with zero attached hydrogens (tertiary/aromatic N) is 4. The second kappa shape index (κ2) is 7.20. The van der Waals surface area contributed by atoms with Crippen LogP contribution in [0.15, 0.2) is 38.8 Å². The first-order valence-electron chi connectivity index (χ1n) is 6.72. The summed E-state index contributed by atoms with van der Waals surface area (Å²) in [5.41, 5.74) is 0.243. The molecule has 1 aromatic carbocycles. The molecule has 0 spiro atoms. The van der Waals surface area contributed by atoms with Gasteiger partial charge in [-0.05, 0) is 18.2 Å². The van der Waals surface area contributed by atoms with Crippen molar-refractivity contribution in [3.8, 4) is 11.8 Å². The Balaban J connectivity index is 1.89. The number of benzene rings is 1. The zero-order valence-electron chi connectivity index (χ0n) is 12.2. The molecule has 0 saturated heterocycles. The number of aromatic nitrogens is 4. The topological polar surface area (TPSA) is 96.1 Å². The van der Waals surface area contributed by atoms with Gasteiger partial charge in [-0.1, -0.05) is 27.7 Å². The number of fused-ring (bicyclic) bond motifs is 1. The highest BCUT2D eigenvalue weighted by atomic mass is 79.9. The summed E-state index contributed by atoms with van der Waals surface area (Å²) >= 11 is 4.39. The number of hydrogen-bond acceptors (Lipinski definition) is 6.